The lowest BCUT2D eigenvalue weighted by atomic mass is 9.85. The van der Waals surface area contributed by atoms with E-state index in [0.29, 0.717) is 16.8 Å². The van der Waals surface area contributed by atoms with Crippen LogP contribution >= 0.6 is 11.6 Å². The number of hydrogen-bond donors (Lipinski definition) is 1. The summed E-state index contributed by atoms with van der Waals surface area (Å²) in [4.78, 5) is 4.64. The van der Waals surface area contributed by atoms with Gasteiger partial charge in [-0.05, 0) is 47.6 Å². The lowest BCUT2D eigenvalue weighted by Crippen LogP contribution is -2.11. The van der Waals surface area contributed by atoms with Gasteiger partial charge in [-0.25, -0.2) is 4.98 Å². The Morgan fingerprint density at radius 2 is 1.92 bits per heavy atom. The maximum Gasteiger partial charge on any atom is 0.232 e. The molecule has 138 valence electrons. The van der Waals surface area contributed by atoms with Gasteiger partial charge in [0.2, 0.25) is 5.88 Å². The number of ether oxygens (including phenoxy) is 1. The highest BCUT2D eigenvalue weighted by Crippen LogP contribution is 2.31. The van der Waals surface area contributed by atoms with E-state index in [-0.39, 0.29) is 5.41 Å². The van der Waals surface area contributed by atoms with Gasteiger partial charge in [0.15, 0.2) is 0 Å². The van der Waals surface area contributed by atoms with Crippen LogP contribution in [0.15, 0.2) is 42.5 Å². The molecule has 26 heavy (non-hydrogen) atoms. The monoisotopic (exact) mass is 370 g/mol. The summed E-state index contributed by atoms with van der Waals surface area (Å²) < 4.78 is 5.32. The summed E-state index contributed by atoms with van der Waals surface area (Å²) in [6.07, 6.45) is 3.48. The molecule has 0 saturated carbocycles. The first-order valence-corrected chi connectivity index (χ1v) is 9.50. The molecule has 0 spiro atoms. The van der Waals surface area contributed by atoms with E-state index in [4.69, 9.17) is 16.3 Å². The van der Waals surface area contributed by atoms with E-state index in [9.17, 15) is 0 Å². The van der Waals surface area contributed by atoms with Gasteiger partial charge >= 0.3 is 0 Å². The standard InChI is InChI=1S/C22H27ClN2O/c1-22(2,3)17-7-5-16(6-8-17)18(13-15-11-12-24-14-15)20-10-9-19(23)21(25-20)26-4/h5-10,13,15,24H,11-12,14H2,1-4H3/b18-13-/t15-/m1/s1. The Kier molecular flexibility index (Phi) is 5.69. The molecule has 0 aliphatic carbocycles. The topological polar surface area (TPSA) is 34.1 Å². The van der Waals surface area contributed by atoms with E-state index in [0.717, 1.165) is 30.8 Å². The van der Waals surface area contributed by atoms with Gasteiger partial charge in [-0.2, -0.15) is 0 Å². The fraction of sp³-hybridized carbons (Fsp3) is 0.409. The second kappa shape index (κ2) is 7.81. The van der Waals surface area contributed by atoms with E-state index in [1.807, 2.05) is 12.1 Å². The number of hydrogen-bond acceptors (Lipinski definition) is 3. The van der Waals surface area contributed by atoms with Crippen molar-refractivity contribution in [2.75, 3.05) is 20.2 Å². The first-order valence-electron chi connectivity index (χ1n) is 9.13. The Labute approximate surface area is 161 Å². The quantitative estimate of drug-likeness (QED) is 0.814. The molecule has 1 N–H and O–H groups in total. The predicted octanol–water partition coefficient (Wildman–Crippen LogP) is 5.08. The number of nitrogens with zero attached hydrogens (tertiary/aromatic N) is 1. The van der Waals surface area contributed by atoms with Gasteiger partial charge in [-0.1, -0.05) is 62.7 Å². The second-order valence-corrected chi connectivity index (χ2v) is 8.26. The number of aromatic nitrogens is 1. The highest BCUT2D eigenvalue weighted by molar-refractivity contribution is 6.31. The highest BCUT2D eigenvalue weighted by Gasteiger charge is 2.18. The van der Waals surface area contributed by atoms with Gasteiger partial charge in [0.1, 0.15) is 5.02 Å². The summed E-state index contributed by atoms with van der Waals surface area (Å²) in [5.41, 5.74) is 4.65. The molecule has 1 aromatic heterocycles. The van der Waals surface area contributed by atoms with Crippen molar-refractivity contribution in [3.05, 3.63) is 64.3 Å². The molecule has 0 radical (unpaired) electrons. The van der Waals surface area contributed by atoms with Crippen molar-refractivity contribution in [3.8, 4) is 5.88 Å². The summed E-state index contributed by atoms with van der Waals surface area (Å²) in [7, 11) is 1.60. The molecule has 1 aliphatic heterocycles. The Bertz CT molecular complexity index is 785. The zero-order chi connectivity index (χ0) is 18.7. The van der Waals surface area contributed by atoms with Crippen molar-refractivity contribution in [1.82, 2.24) is 10.3 Å². The summed E-state index contributed by atoms with van der Waals surface area (Å²) in [5, 5.41) is 3.96. The number of pyridine rings is 1. The minimum absolute atomic E-state index is 0.138. The fourth-order valence-corrected chi connectivity index (χ4v) is 3.43. The van der Waals surface area contributed by atoms with E-state index in [1.54, 1.807) is 7.11 Å². The number of methoxy groups -OCH3 is 1. The first-order chi connectivity index (χ1) is 12.4. The van der Waals surface area contributed by atoms with Crippen molar-refractivity contribution in [2.45, 2.75) is 32.6 Å². The van der Waals surface area contributed by atoms with E-state index in [1.165, 1.54) is 11.1 Å². The minimum atomic E-state index is 0.138. The summed E-state index contributed by atoms with van der Waals surface area (Å²) in [5.74, 6) is 0.974. The predicted molar refractivity (Wildman–Crippen MR) is 109 cm³/mol. The molecule has 1 saturated heterocycles. The molecule has 2 aromatic rings. The van der Waals surface area contributed by atoms with E-state index in [2.05, 4.69) is 61.4 Å². The molecular formula is C22H27ClN2O. The molecule has 4 heteroatoms. The SMILES string of the molecule is COc1nc(/C(=C\[C@H]2CCNC2)c2ccc(C(C)(C)C)cc2)ccc1Cl. The van der Waals surface area contributed by atoms with Crippen molar-refractivity contribution >= 4 is 17.2 Å². The van der Waals surface area contributed by atoms with Crippen LogP contribution in [0, 0.1) is 5.92 Å². The number of benzene rings is 1. The second-order valence-electron chi connectivity index (χ2n) is 7.85. The molecule has 1 aromatic carbocycles. The average molecular weight is 371 g/mol. The summed E-state index contributed by atoms with van der Waals surface area (Å²) in [6.45, 7) is 8.76. The lowest BCUT2D eigenvalue weighted by Gasteiger charge is -2.20. The molecule has 2 heterocycles. The van der Waals surface area contributed by atoms with Crippen molar-refractivity contribution < 1.29 is 4.74 Å². The van der Waals surface area contributed by atoms with Gasteiger partial charge in [-0.3, -0.25) is 0 Å². The molecule has 0 amide bonds. The summed E-state index contributed by atoms with van der Waals surface area (Å²) >= 11 is 6.17. The highest BCUT2D eigenvalue weighted by atomic mass is 35.5. The third kappa shape index (κ3) is 4.28. The van der Waals surface area contributed by atoms with Crippen LogP contribution in [0.3, 0.4) is 0 Å². The van der Waals surface area contributed by atoms with Crippen LogP contribution in [-0.4, -0.2) is 25.2 Å². The largest absolute Gasteiger partial charge is 0.480 e. The van der Waals surface area contributed by atoms with Gasteiger partial charge < -0.3 is 10.1 Å². The van der Waals surface area contributed by atoms with Crippen LogP contribution in [0.25, 0.3) is 5.57 Å². The van der Waals surface area contributed by atoms with Crippen molar-refractivity contribution in [3.63, 3.8) is 0 Å². The van der Waals surface area contributed by atoms with Crippen molar-refractivity contribution in [2.24, 2.45) is 5.92 Å². The molecule has 1 aliphatic rings. The normalized spacial score (nSPS) is 18.2. The Balaban J connectivity index is 2.04. The third-order valence-electron chi connectivity index (χ3n) is 4.85. The van der Waals surface area contributed by atoms with Gasteiger partial charge in [0.25, 0.3) is 0 Å². The Hall–Kier alpha value is -1.84. The van der Waals surface area contributed by atoms with Crippen LogP contribution in [0.2, 0.25) is 5.02 Å². The van der Waals surface area contributed by atoms with Gasteiger partial charge in [-0.15, -0.1) is 0 Å². The first kappa shape index (κ1) is 18.9. The smallest absolute Gasteiger partial charge is 0.232 e. The number of nitrogens with one attached hydrogen (secondary N) is 1. The van der Waals surface area contributed by atoms with E-state index >= 15 is 0 Å². The van der Waals surface area contributed by atoms with Crippen LogP contribution < -0.4 is 10.1 Å². The average Bonchev–Trinajstić information content (AvgIpc) is 3.13. The molecule has 0 bridgehead atoms. The summed E-state index contributed by atoms with van der Waals surface area (Å²) in [6, 6.07) is 12.6. The minimum Gasteiger partial charge on any atom is -0.480 e. The van der Waals surface area contributed by atoms with Crippen LogP contribution in [0.4, 0.5) is 0 Å². The molecule has 0 unspecified atom stereocenters. The lowest BCUT2D eigenvalue weighted by molar-refractivity contribution is 0.398. The maximum atomic E-state index is 6.17. The zero-order valence-corrected chi connectivity index (χ0v) is 16.7. The van der Waals surface area contributed by atoms with Crippen LogP contribution in [0.1, 0.15) is 44.0 Å². The van der Waals surface area contributed by atoms with Crippen LogP contribution in [0.5, 0.6) is 5.88 Å². The molecule has 3 nitrogen and oxygen atoms in total. The maximum absolute atomic E-state index is 6.17. The molecule has 1 fully saturated rings. The molecule has 1 atom stereocenters. The van der Waals surface area contributed by atoms with Gasteiger partial charge in [0.05, 0.1) is 12.8 Å². The molecular weight excluding hydrogens is 344 g/mol. The van der Waals surface area contributed by atoms with Crippen LogP contribution in [-0.2, 0) is 5.41 Å². The zero-order valence-electron chi connectivity index (χ0n) is 16.0. The Morgan fingerprint density at radius 3 is 2.50 bits per heavy atom. The third-order valence-corrected chi connectivity index (χ3v) is 5.13. The van der Waals surface area contributed by atoms with Crippen molar-refractivity contribution in [1.29, 1.82) is 0 Å². The number of halogens is 1. The fourth-order valence-electron chi connectivity index (χ4n) is 3.25. The van der Waals surface area contributed by atoms with E-state index < -0.39 is 0 Å². The molecule has 3 rings (SSSR count). The van der Waals surface area contributed by atoms with Gasteiger partial charge in [0, 0.05) is 12.1 Å². The Morgan fingerprint density at radius 1 is 1.19 bits per heavy atom. The number of rotatable bonds is 4.